The summed E-state index contributed by atoms with van der Waals surface area (Å²) < 4.78 is 0. The lowest BCUT2D eigenvalue weighted by molar-refractivity contribution is 0.340. The fraction of sp³-hybridized carbons (Fsp3) is 0.800. The van der Waals surface area contributed by atoms with Crippen molar-refractivity contribution in [1.82, 2.24) is 10.3 Å². The smallest absolute Gasteiger partial charge is 0.110 e. The van der Waals surface area contributed by atoms with Gasteiger partial charge in [0.1, 0.15) is 5.01 Å². The van der Waals surface area contributed by atoms with Gasteiger partial charge < -0.3 is 5.32 Å². The molecule has 1 rings (SSSR count). The van der Waals surface area contributed by atoms with Crippen molar-refractivity contribution in [2.75, 3.05) is 6.54 Å². The van der Waals surface area contributed by atoms with Crippen LogP contribution in [0.15, 0.2) is 5.38 Å². The molecule has 104 valence electrons. The largest absolute Gasteiger partial charge is 0.308 e. The van der Waals surface area contributed by atoms with Crippen molar-refractivity contribution >= 4 is 11.3 Å². The molecule has 0 aliphatic carbocycles. The molecule has 0 saturated heterocycles. The third kappa shape index (κ3) is 4.06. The van der Waals surface area contributed by atoms with Gasteiger partial charge in [0.05, 0.1) is 11.7 Å². The number of aromatic nitrogens is 1. The van der Waals surface area contributed by atoms with Gasteiger partial charge in [-0.1, -0.05) is 47.5 Å². The van der Waals surface area contributed by atoms with Crippen LogP contribution in [0.3, 0.4) is 0 Å². The Morgan fingerprint density at radius 2 is 1.89 bits per heavy atom. The monoisotopic (exact) mass is 268 g/mol. The van der Waals surface area contributed by atoms with Gasteiger partial charge in [0.15, 0.2) is 0 Å². The molecule has 3 heteroatoms. The lowest BCUT2D eigenvalue weighted by atomic mass is 9.94. The summed E-state index contributed by atoms with van der Waals surface area (Å²) in [4.78, 5) is 4.84. The summed E-state index contributed by atoms with van der Waals surface area (Å²) in [5, 5.41) is 7.19. The number of hydrogen-bond acceptors (Lipinski definition) is 3. The van der Waals surface area contributed by atoms with Crippen molar-refractivity contribution in [3.05, 3.63) is 16.1 Å². The summed E-state index contributed by atoms with van der Waals surface area (Å²) >= 11 is 1.82. The van der Waals surface area contributed by atoms with Gasteiger partial charge >= 0.3 is 0 Å². The van der Waals surface area contributed by atoms with E-state index in [0.717, 1.165) is 6.54 Å². The van der Waals surface area contributed by atoms with Crippen molar-refractivity contribution in [2.45, 2.75) is 65.8 Å². The van der Waals surface area contributed by atoms with Crippen LogP contribution in [0.2, 0.25) is 0 Å². The first-order chi connectivity index (χ1) is 8.63. The average Bonchev–Trinajstić information content (AvgIpc) is 2.84. The molecule has 1 atom stereocenters. The van der Waals surface area contributed by atoms with Crippen LogP contribution in [-0.2, 0) is 0 Å². The van der Waals surface area contributed by atoms with E-state index in [1.165, 1.54) is 30.0 Å². The van der Waals surface area contributed by atoms with Gasteiger partial charge in [0.25, 0.3) is 0 Å². The molecular weight excluding hydrogens is 240 g/mol. The fourth-order valence-electron chi connectivity index (χ4n) is 2.22. The number of rotatable bonds is 8. The Morgan fingerprint density at radius 3 is 2.33 bits per heavy atom. The Kier molecular flexibility index (Phi) is 6.87. The van der Waals surface area contributed by atoms with E-state index in [1.54, 1.807) is 0 Å². The predicted molar refractivity (Wildman–Crippen MR) is 81.3 cm³/mol. The second kappa shape index (κ2) is 7.90. The molecule has 1 unspecified atom stereocenters. The van der Waals surface area contributed by atoms with E-state index < -0.39 is 0 Å². The zero-order chi connectivity index (χ0) is 13.5. The Labute approximate surface area is 116 Å². The van der Waals surface area contributed by atoms with Crippen LogP contribution < -0.4 is 5.32 Å². The summed E-state index contributed by atoms with van der Waals surface area (Å²) in [5.41, 5.74) is 1.24. The van der Waals surface area contributed by atoms with Crippen LogP contribution in [-0.4, -0.2) is 11.5 Å². The molecule has 0 fully saturated rings. The lowest BCUT2D eigenvalue weighted by Crippen LogP contribution is -2.28. The SMILES string of the molecule is CCCNC(c1nc(C(C)C)cs1)C(CC)CC. The standard InChI is InChI=1S/C15H28N2S/c1-6-9-16-14(12(7-2)8-3)15-17-13(10-18-15)11(4)5/h10-12,14,16H,6-9H2,1-5H3. The van der Waals surface area contributed by atoms with Crippen LogP contribution in [0.5, 0.6) is 0 Å². The zero-order valence-corrected chi connectivity index (χ0v) is 13.3. The third-order valence-corrected chi connectivity index (χ3v) is 4.48. The second-order valence-corrected chi connectivity index (χ2v) is 6.16. The molecule has 0 saturated carbocycles. The van der Waals surface area contributed by atoms with Gasteiger partial charge in [0, 0.05) is 5.38 Å². The van der Waals surface area contributed by atoms with E-state index in [-0.39, 0.29) is 0 Å². The molecule has 0 aliphatic heterocycles. The van der Waals surface area contributed by atoms with E-state index in [0.29, 0.717) is 17.9 Å². The van der Waals surface area contributed by atoms with E-state index in [4.69, 9.17) is 4.98 Å². The van der Waals surface area contributed by atoms with Crippen LogP contribution >= 0.6 is 11.3 Å². The summed E-state index contributed by atoms with van der Waals surface area (Å²) in [6.45, 7) is 12.3. The Morgan fingerprint density at radius 1 is 1.22 bits per heavy atom. The topological polar surface area (TPSA) is 24.9 Å². The summed E-state index contributed by atoms with van der Waals surface area (Å²) in [5.74, 6) is 1.23. The van der Waals surface area contributed by atoms with Crippen LogP contribution in [0.4, 0.5) is 0 Å². The minimum absolute atomic E-state index is 0.442. The van der Waals surface area contributed by atoms with E-state index >= 15 is 0 Å². The summed E-state index contributed by atoms with van der Waals surface area (Å²) in [7, 11) is 0. The molecule has 0 aliphatic rings. The number of nitrogens with one attached hydrogen (secondary N) is 1. The Hall–Kier alpha value is -0.410. The molecule has 1 heterocycles. The minimum Gasteiger partial charge on any atom is -0.308 e. The predicted octanol–water partition coefficient (Wildman–Crippen LogP) is 4.74. The quantitative estimate of drug-likeness (QED) is 0.736. The maximum atomic E-state index is 4.84. The van der Waals surface area contributed by atoms with Gasteiger partial charge in [-0.2, -0.15) is 0 Å². The molecule has 0 spiro atoms. The Bertz CT molecular complexity index is 329. The molecule has 1 aromatic heterocycles. The second-order valence-electron chi connectivity index (χ2n) is 5.27. The number of hydrogen-bond donors (Lipinski definition) is 1. The number of nitrogens with zero attached hydrogens (tertiary/aromatic N) is 1. The van der Waals surface area contributed by atoms with Gasteiger partial charge in [0.2, 0.25) is 0 Å². The third-order valence-electron chi connectivity index (χ3n) is 3.53. The molecule has 0 amide bonds. The highest BCUT2D eigenvalue weighted by molar-refractivity contribution is 7.09. The van der Waals surface area contributed by atoms with Crippen LogP contribution in [0.1, 0.15) is 76.5 Å². The maximum Gasteiger partial charge on any atom is 0.110 e. The molecule has 1 aromatic rings. The van der Waals surface area contributed by atoms with Gasteiger partial charge in [-0.3, -0.25) is 0 Å². The van der Waals surface area contributed by atoms with E-state index in [1.807, 2.05) is 11.3 Å². The van der Waals surface area contributed by atoms with Gasteiger partial charge in [-0.05, 0) is 24.8 Å². The van der Waals surface area contributed by atoms with Crippen LogP contribution in [0.25, 0.3) is 0 Å². The summed E-state index contributed by atoms with van der Waals surface area (Å²) in [6.07, 6.45) is 3.61. The first kappa shape index (κ1) is 15.6. The zero-order valence-electron chi connectivity index (χ0n) is 12.5. The van der Waals surface area contributed by atoms with E-state index in [9.17, 15) is 0 Å². The molecule has 0 radical (unpaired) electrons. The van der Waals surface area contributed by atoms with Gasteiger partial charge in [-0.25, -0.2) is 4.98 Å². The van der Waals surface area contributed by atoms with Crippen molar-refractivity contribution in [3.63, 3.8) is 0 Å². The fourth-order valence-corrected chi connectivity index (χ4v) is 3.37. The first-order valence-electron chi connectivity index (χ1n) is 7.32. The highest BCUT2D eigenvalue weighted by atomic mass is 32.1. The minimum atomic E-state index is 0.442. The first-order valence-corrected chi connectivity index (χ1v) is 8.20. The van der Waals surface area contributed by atoms with Crippen molar-refractivity contribution in [3.8, 4) is 0 Å². The lowest BCUT2D eigenvalue weighted by Gasteiger charge is -2.24. The van der Waals surface area contributed by atoms with Gasteiger partial charge in [-0.15, -0.1) is 11.3 Å². The van der Waals surface area contributed by atoms with Crippen molar-refractivity contribution < 1.29 is 0 Å². The molecular formula is C15H28N2S. The highest BCUT2D eigenvalue weighted by Gasteiger charge is 2.23. The Balaban J connectivity index is 2.85. The molecule has 0 bridgehead atoms. The van der Waals surface area contributed by atoms with Crippen molar-refractivity contribution in [2.24, 2.45) is 5.92 Å². The molecule has 18 heavy (non-hydrogen) atoms. The maximum absolute atomic E-state index is 4.84. The average molecular weight is 268 g/mol. The summed E-state index contributed by atoms with van der Waals surface area (Å²) in [6, 6.07) is 0.442. The van der Waals surface area contributed by atoms with Crippen LogP contribution in [0, 0.1) is 5.92 Å². The normalized spacial score (nSPS) is 13.5. The number of thiazole rings is 1. The van der Waals surface area contributed by atoms with E-state index in [2.05, 4.69) is 45.3 Å². The molecule has 2 nitrogen and oxygen atoms in total. The molecule has 0 aromatic carbocycles. The highest BCUT2D eigenvalue weighted by Crippen LogP contribution is 2.31. The van der Waals surface area contributed by atoms with Crippen molar-refractivity contribution in [1.29, 1.82) is 0 Å². The molecule has 1 N–H and O–H groups in total.